The molecule has 0 saturated carbocycles. The predicted molar refractivity (Wildman–Crippen MR) is 113 cm³/mol. The minimum absolute atomic E-state index is 0.0338. The topological polar surface area (TPSA) is 51.3 Å². The number of benzene rings is 2. The van der Waals surface area contributed by atoms with Crippen LogP contribution in [-0.4, -0.2) is 36.0 Å². The second-order valence-corrected chi connectivity index (χ2v) is 7.44. The van der Waals surface area contributed by atoms with Crippen LogP contribution in [0, 0.1) is 6.92 Å². The number of hydrogen-bond acceptors (Lipinski definition) is 2. The number of hydrogen-bond donors (Lipinski definition) is 1. The van der Waals surface area contributed by atoms with E-state index in [0.717, 1.165) is 12.1 Å². The zero-order valence-electron chi connectivity index (χ0n) is 17.4. The molecule has 0 fully saturated rings. The van der Waals surface area contributed by atoms with E-state index in [-0.39, 0.29) is 19.0 Å². The lowest BCUT2D eigenvalue weighted by atomic mass is 9.99. The van der Waals surface area contributed by atoms with Crippen molar-refractivity contribution in [2.45, 2.75) is 19.6 Å². The summed E-state index contributed by atoms with van der Waals surface area (Å²) in [6.45, 7) is 1.64. The van der Waals surface area contributed by atoms with E-state index in [1.54, 1.807) is 49.9 Å². The van der Waals surface area contributed by atoms with E-state index in [1.807, 2.05) is 0 Å². The van der Waals surface area contributed by atoms with Gasteiger partial charge in [-0.05, 0) is 48.9 Å². The van der Waals surface area contributed by atoms with E-state index in [2.05, 4.69) is 0 Å². The highest BCUT2D eigenvalue weighted by Crippen LogP contribution is 2.38. The monoisotopic (exact) mass is 433 g/mol. The molecule has 1 heterocycles. The van der Waals surface area contributed by atoms with Crippen LogP contribution in [0.1, 0.15) is 21.6 Å². The van der Waals surface area contributed by atoms with Crippen molar-refractivity contribution in [1.82, 2.24) is 9.47 Å². The fourth-order valence-corrected chi connectivity index (χ4v) is 3.64. The van der Waals surface area contributed by atoms with E-state index in [9.17, 15) is 22.4 Å². The number of rotatable bonds is 5. The van der Waals surface area contributed by atoms with E-state index >= 15 is 0 Å². The lowest BCUT2D eigenvalue weighted by Gasteiger charge is -2.11. The molecule has 2 N–H and O–H groups in total. The van der Waals surface area contributed by atoms with Gasteiger partial charge in [-0.15, -0.1) is 0 Å². The normalized spacial score (nSPS) is 12.5. The number of fused-ring (bicyclic) bond motifs is 1. The van der Waals surface area contributed by atoms with Crippen molar-refractivity contribution in [2.24, 2.45) is 5.73 Å². The summed E-state index contributed by atoms with van der Waals surface area (Å²) < 4.78 is 55.9. The molecular weight excluding hydrogens is 410 g/mol. The standard InChI is InChI=1S/C23H23F4N3O/c1-14-21(15-5-4-6-17(11-15)23(25,26)27)19-12-16(22(31)29(2)3)7-8-20(19)30(14)13-18(24)9-10-28/h4-9,11-12H,10,13,28H2,1-3H3. The van der Waals surface area contributed by atoms with Crippen LogP contribution in [0.25, 0.3) is 22.0 Å². The minimum atomic E-state index is -4.50. The summed E-state index contributed by atoms with van der Waals surface area (Å²) in [7, 11) is 3.23. The predicted octanol–water partition coefficient (Wildman–Crippen LogP) is 5.15. The van der Waals surface area contributed by atoms with Crippen molar-refractivity contribution in [2.75, 3.05) is 20.6 Å². The van der Waals surface area contributed by atoms with Gasteiger partial charge in [-0.2, -0.15) is 13.2 Å². The second-order valence-electron chi connectivity index (χ2n) is 7.44. The van der Waals surface area contributed by atoms with Gasteiger partial charge in [0.05, 0.1) is 12.1 Å². The zero-order chi connectivity index (χ0) is 22.9. The van der Waals surface area contributed by atoms with Gasteiger partial charge in [-0.25, -0.2) is 4.39 Å². The van der Waals surface area contributed by atoms with E-state index in [1.165, 1.54) is 17.0 Å². The number of alkyl halides is 3. The third-order valence-corrected chi connectivity index (χ3v) is 5.10. The molecule has 0 atom stereocenters. The fourth-order valence-electron chi connectivity index (χ4n) is 3.64. The van der Waals surface area contributed by atoms with Crippen LogP contribution in [0.5, 0.6) is 0 Å². The molecule has 0 aliphatic heterocycles. The van der Waals surface area contributed by atoms with Crippen molar-refractivity contribution >= 4 is 16.8 Å². The van der Waals surface area contributed by atoms with E-state index in [4.69, 9.17) is 5.73 Å². The molecule has 2 aromatic carbocycles. The van der Waals surface area contributed by atoms with Crippen LogP contribution in [0.4, 0.5) is 17.6 Å². The van der Waals surface area contributed by atoms with Crippen LogP contribution in [0.15, 0.2) is 54.4 Å². The Bertz CT molecular complexity index is 1160. The summed E-state index contributed by atoms with van der Waals surface area (Å²) >= 11 is 0. The Balaban J connectivity index is 2.30. The number of carbonyl (C=O) groups excluding carboxylic acids is 1. The van der Waals surface area contributed by atoms with Gasteiger partial charge in [0.25, 0.3) is 5.91 Å². The van der Waals surface area contributed by atoms with Crippen molar-refractivity contribution in [1.29, 1.82) is 0 Å². The molecule has 1 aromatic heterocycles. The maximum Gasteiger partial charge on any atom is 0.416 e. The average molecular weight is 433 g/mol. The first-order chi connectivity index (χ1) is 14.5. The lowest BCUT2D eigenvalue weighted by molar-refractivity contribution is -0.137. The number of carbonyl (C=O) groups is 1. The largest absolute Gasteiger partial charge is 0.416 e. The van der Waals surface area contributed by atoms with Gasteiger partial charge in [0.1, 0.15) is 5.83 Å². The highest BCUT2D eigenvalue weighted by atomic mass is 19.4. The SMILES string of the molecule is Cc1c(-c2cccc(C(F)(F)F)c2)c2cc(C(=O)N(C)C)ccc2n1CC(F)=CCN. The van der Waals surface area contributed by atoms with Crippen LogP contribution in [-0.2, 0) is 12.7 Å². The number of allylic oxidation sites excluding steroid dienone is 1. The summed E-state index contributed by atoms with van der Waals surface area (Å²) in [5.74, 6) is -0.692. The third-order valence-electron chi connectivity index (χ3n) is 5.10. The zero-order valence-corrected chi connectivity index (χ0v) is 17.4. The van der Waals surface area contributed by atoms with Gasteiger partial charge < -0.3 is 15.2 Å². The highest BCUT2D eigenvalue weighted by molar-refractivity contribution is 6.04. The smallest absolute Gasteiger partial charge is 0.345 e. The molecule has 0 aliphatic carbocycles. The maximum absolute atomic E-state index is 14.3. The van der Waals surface area contributed by atoms with Crippen molar-refractivity contribution in [3.8, 4) is 11.1 Å². The Labute approximate surface area is 177 Å². The van der Waals surface area contributed by atoms with Gasteiger partial charge >= 0.3 is 6.18 Å². The summed E-state index contributed by atoms with van der Waals surface area (Å²) in [4.78, 5) is 13.9. The molecule has 31 heavy (non-hydrogen) atoms. The first-order valence-corrected chi connectivity index (χ1v) is 9.61. The Morgan fingerprint density at radius 2 is 1.87 bits per heavy atom. The van der Waals surface area contributed by atoms with Gasteiger partial charge in [0.15, 0.2) is 0 Å². The second kappa shape index (κ2) is 8.55. The van der Waals surface area contributed by atoms with Crippen LogP contribution >= 0.6 is 0 Å². The molecule has 8 heteroatoms. The molecule has 0 unspecified atom stereocenters. The summed E-state index contributed by atoms with van der Waals surface area (Å²) in [5, 5.41) is 0.574. The van der Waals surface area contributed by atoms with Crippen LogP contribution in [0.2, 0.25) is 0 Å². The molecule has 0 bridgehead atoms. The summed E-state index contributed by atoms with van der Waals surface area (Å²) in [6.07, 6.45) is -3.25. The molecule has 0 saturated heterocycles. The molecule has 3 rings (SSSR count). The number of aromatic nitrogens is 1. The van der Waals surface area contributed by atoms with Crippen molar-refractivity contribution < 1.29 is 22.4 Å². The Kier molecular flexibility index (Phi) is 6.22. The average Bonchev–Trinajstić information content (AvgIpc) is 2.97. The Morgan fingerprint density at radius 1 is 1.16 bits per heavy atom. The molecular formula is C23H23F4N3O. The maximum atomic E-state index is 14.3. The number of halogens is 4. The summed E-state index contributed by atoms with van der Waals surface area (Å²) in [5.41, 5.74) is 7.07. The Hall–Kier alpha value is -3.13. The van der Waals surface area contributed by atoms with Crippen LogP contribution < -0.4 is 5.73 Å². The first-order valence-electron chi connectivity index (χ1n) is 9.61. The van der Waals surface area contributed by atoms with Gasteiger partial charge in [-0.3, -0.25) is 4.79 Å². The van der Waals surface area contributed by atoms with Gasteiger partial charge in [-0.1, -0.05) is 12.1 Å². The van der Waals surface area contributed by atoms with E-state index < -0.39 is 17.6 Å². The number of nitrogens with zero attached hydrogens (tertiary/aromatic N) is 2. The molecule has 0 spiro atoms. The quantitative estimate of drug-likeness (QED) is 0.566. The Morgan fingerprint density at radius 3 is 2.48 bits per heavy atom. The number of nitrogens with two attached hydrogens (primary N) is 1. The lowest BCUT2D eigenvalue weighted by Crippen LogP contribution is -2.21. The third kappa shape index (κ3) is 4.49. The molecule has 1 amide bonds. The number of amides is 1. The minimum Gasteiger partial charge on any atom is -0.345 e. The van der Waals surface area contributed by atoms with Gasteiger partial charge in [0, 0.05) is 48.4 Å². The van der Waals surface area contributed by atoms with Crippen molar-refractivity contribution in [3.63, 3.8) is 0 Å². The van der Waals surface area contributed by atoms with Crippen LogP contribution in [0.3, 0.4) is 0 Å². The van der Waals surface area contributed by atoms with E-state index in [0.29, 0.717) is 33.3 Å². The first kappa shape index (κ1) is 22.6. The summed E-state index contributed by atoms with van der Waals surface area (Å²) in [6, 6.07) is 9.94. The molecule has 0 aliphatic rings. The van der Waals surface area contributed by atoms with Crippen molar-refractivity contribution in [3.05, 3.63) is 71.2 Å². The molecule has 0 radical (unpaired) electrons. The molecule has 164 valence electrons. The molecule has 4 nitrogen and oxygen atoms in total. The van der Waals surface area contributed by atoms with Gasteiger partial charge in [0.2, 0.25) is 0 Å². The fraction of sp³-hybridized carbons (Fsp3) is 0.261. The highest BCUT2D eigenvalue weighted by Gasteiger charge is 2.31. The molecule has 3 aromatic rings.